The molecular weight excluding hydrogens is 1200 g/mol. The van der Waals surface area contributed by atoms with Gasteiger partial charge in [0.15, 0.2) is 17.4 Å². The number of likely N-dealkylation sites (N-methyl/N-ethyl adjacent to an activating group) is 2. The number of esters is 2. The topological polar surface area (TPSA) is 183 Å². The Bertz CT molecular complexity index is 3720. The van der Waals surface area contributed by atoms with E-state index in [1.54, 1.807) is 85.9 Å². The quantitative estimate of drug-likeness (QED) is 0.0388. The third-order valence-corrected chi connectivity index (χ3v) is 16.3. The molecule has 0 amide bonds. The number of pyridine rings is 2. The van der Waals surface area contributed by atoms with Gasteiger partial charge < -0.3 is 34.7 Å². The lowest BCUT2D eigenvalue weighted by atomic mass is 9.83. The summed E-state index contributed by atoms with van der Waals surface area (Å²) in [6.45, 7) is 26.1. The molecule has 0 radical (unpaired) electrons. The summed E-state index contributed by atoms with van der Waals surface area (Å²) in [6.07, 6.45) is 3.97. The van der Waals surface area contributed by atoms with E-state index in [4.69, 9.17) is 15.2 Å². The van der Waals surface area contributed by atoms with E-state index in [1.807, 2.05) is 79.5 Å². The van der Waals surface area contributed by atoms with Crippen LogP contribution in [-0.2, 0) is 41.5 Å². The summed E-state index contributed by atoms with van der Waals surface area (Å²) in [6, 6.07) is 9.45. The van der Waals surface area contributed by atoms with Gasteiger partial charge in [0.2, 0.25) is 0 Å². The van der Waals surface area contributed by atoms with E-state index in [-0.39, 0.29) is 85.5 Å². The van der Waals surface area contributed by atoms with Crippen LogP contribution < -0.4 is 16.9 Å². The van der Waals surface area contributed by atoms with Crippen LogP contribution in [0.2, 0.25) is 0 Å². The molecular formula is C73H95F6N5O9. The molecule has 2 unspecified atom stereocenters. The van der Waals surface area contributed by atoms with Crippen LogP contribution in [0, 0.1) is 102 Å². The highest BCUT2D eigenvalue weighted by molar-refractivity contribution is 5.85. The molecule has 0 fully saturated rings. The van der Waals surface area contributed by atoms with Crippen molar-refractivity contribution in [1.29, 1.82) is 0 Å². The summed E-state index contributed by atoms with van der Waals surface area (Å²) >= 11 is 0. The number of aliphatic carboxylic acids is 1. The Morgan fingerprint density at radius 3 is 1.26 bits per heavy atom. The average molecular weight is 1300 g/mol. The number of ether oxygens (including phenoxy) is 2. The first-order valence-electron chi connectivity index (χ1n) is 31.5. The van der Waals surface area contributed by atoms with Crippen LogP contribution in [0.3, 0.4) is 0 Å². The zero-order valence-electron chi connectivity index (χ0n) is 57.4. The van der Waals surface area contributed by atoms with Gasteiger partial charge in [-0.25, -0.2) is 31.1 Å². The number of carboxylic acids is 1. The molecule has 93 heavy (non-hydrogen) atoms. The molecule has 3 N–H and O–H groups in total. The standard InChI is InChI=1S/C37H47F3N2O4.C20H23F2NO2.C16H25FN2O3/c1-10-46-33(44)19-27(30-17-28(14-24(6)35(30)39)34-22(4)15-29(38)16-23(34)5)18-32(43)31(13-21(2)3)42-20-26(11-12-41(8)9)25(7)36(40)37(42)45;1-5-25-18(24)10-17(23)16-9-14(6-13(4)20(16)22)19-11(2)7-15(21)8-12(19)3;1-10(2)8-13(16(21)22)19-9-12(6-7-18(4)5)11(3)14(17)15(19)20/h14-17,20-21,27,31H,10-13,18-19H2,1-9H3;6-9,17H,5,10,23H2,1-4H3;9-10,13H,6-8H2,1-5H3,(H,21,22)/t27-,31?;17-;/m00./s1. The zero-order chi connectivity index (χ0) is 70.2. The van der Waals surface area contributed by atoms with Gasteiger partial charge >= 0.3 is 17.9 Å². The largest absolute Gasteiger partial charge is 0.480 e. The van der Waals surface area contributed by atoms with E-state index < -0.39 is 82.1 Å². The van der Waals surface area contributed by atoms with Crippen molar-refractivity contribution in [3.8, 4) is 22.3 Å². The van der Waals surface area contributed by atoms with Crippen molar-refractivity contribution in [2.24, 2.45) is 17.6 Å². The van der Waals surface area contributed by atoms with Crippen LogP contribution in [0.5, 0.6) is 0 Å². The number of aryl methyl sites for hydroxylation is 6. The van der Waals surface area contributed by atoms with Gasteiger partial charge in [0.25, 0.3) is 11.1 Å². The molecule has 4 atom stereocenters. The summed E-state index contributed by atoms with van der Waals surface area (Å²) in [7, 11) is 7.59. The molecule has 0 saturated heterocycles. The number of rotatable bonds is 26. The maximum Gasteiger partial charge on any atom is 0.326 e. The van der Waals surface area contributed by atoms with Crippen molar-refractivity contribution in [2.75, 3.05) is 54.5 Å². The zero-order valence-corrected chi connectivity index (χ0v) is 57.4. The third-order valence-electron chi connectivity index (χ3n) is 16.3. The number of Topliss-reactive ketones (excluding diaryl/α,β-unsaturated/α-hetero) is 1. The molecule has 0 spiro atoms. The maximum absolute atomic E-state index is 16.0. The van der Waals surface area contributed by atoms with Gasteiger partial charge in [0.1, 0.15) is 29.3 Å². The van der Waals surface area contributed by atoms with Crippen molar-refractivity contribution in [2.45, 2.75) is 166 Å². The minimum Gasteiger partial charge on any atom is -0.480 e. The fourth-order valence-electron chi connectivity index (χ4n) is 11.5. The van der Waals surface area contributed by atoms with Crippen molar-refractivity contribution >= 4 is 23.7 Å². The molecule has 0 bridgehead atoms. The lowest BCUT2D eigenvalue weighted by Crippen LogP contribution is -2.34. The lowest BCUT2D eigenvalue weighted by molar-refractivity contribution is -0.144. The number of ketones is 1. The molecule has 2 aromatic heterocycles. The van der Waals surface area contributed by atoms with Crippen LogP contribution in [0.1, 0.15) is 164 Å². The van der Waals surface area contributed by atoms with E-state index in [1.165, 1.54) is 35.0 Å². The van der Waals surface area contributed by atoms with E-state index >= 15 is 8.78 Å². The van der Waals surface area contributed by atoms with E-state index in [0.717, 1.165) is 32.4 Å². The van der Waals surface area contributed by atoms with Gasteiger partial charge in [-0.1, -0.05) is 27.7 Å². The first kappa shape index (κ1) is 77.8. The summed E-state index contributed by atoms with van der Waals surface area (Å²) in [4.78, 5) is 79.5. The first-order chi connectivity index (χ1) is 43.4. The predicted molar refractivity (Wildman–Crippen MR) is 354 cm³/mol. The second-order valence-electron chi connectivity index (χ2n) is 25.6. The monoisotopic (exact) mass is 1300 g/mol. The Hall–Kier alpha value is -7.68. The van der Waals surface area contributed by atoms with E-state index in [0.29, 0.717) is 70.4 Å². The molecule has 0 saturated carbocycles. The molecule has 0 aliphatic carbocycles. The number of carboxylic acid groups (broad SMARTS) is 1. The molecule has 2 heterocycles. The molecule has 0 aliphatic rings. The van der Waals surface area contributed by atoms with Crippen LogP contribution >= 0.6 is 0 Å². The van der Waals surface area contributed by atoms with Crippen LogP contribution in [0.4, 0.5) is 26.3 Å². The number of nitrogens with two attached hydrogens (primary N) is 1. The van der Waals surface area contributed by atoms with Gasteiger partial charge in [0, 0.05) is 49.4 Å². The highest BCUT2D eigenvalue weighted by atomic mass is 19.1. The van der Waals surface area contributed by atoms with Crippen molar-refractivity contribution in [3.63, 3.8) is 0 Å². The minimum atomic E-state index is -1.11. The Labute approximate surface area is 544 Å². The van der Waals surface area contributed by atoms with Crippen molar-refractivity contribution in [1.82, 2.24) is 18.9 Å². The second-order valence-corrected chi connectivity index (χ2v) is 25.6. The van der Waals surface area contributed by atoms with Gasteiger partial charge in [0.05, 0.1) is 32.1 Å². The second kappa shape index (κ2) is 35.0. The fraction of sp³-hybridized carbons (Fsp3) is 0.479. The number of carbonyl (C=O) groups is 4. The Balaban J connectivity index is 0.000000329. The van der Waals surface area contributed by atoms with Crippen LogP contribution in [0.25, 0.3) is 22.3 Å². The number of hydrogen-bond donors (Lipinski definition) is 2. The molecule has 0 aliphatic heterocycles. The number of nitrogens with zero attached hydrogens (tertiary/aromatic N) is 4. The first-order valence-corrected chi connectivity index (χ1v) is 31.5. The van der Waals surface area contributed by atoms with Crippen molar-refractivity contribution in [3.05, 3.63) is 183 Å². The molecule has 6 rings (SSSR count). The number of carbonyl (C=O) groups excluding carboxylic acids is 3. The summed E-state index contributed by atoms with van der Waals surface area (Å²) in [5.74, 6) is -6.91. The molecule has 14 nitrogen and oxygen atoms in total. The average Bonchev–Trinajstić information content (AvgIpc) is 0.829. The van der Waals surface area contributed by atoms with Crippen molar-refractivity contribution < 1.29 is 60.1 Å². The SMILES string of the molecule is CCOC(=O)C[C@H](CC(=O)C(CC(C)C)n1cc(CCN(C)C)c(C)c(F)c1=O)c1cc(-c2c(C)cc(F)cc2C)cc(C)c1F.CCOC(=O)C[C@H](N)c1cc(-c2c(C)cc(F)cc2C)cc(C)c1F.Cc1c(CCN(C)C)cn(C(CC(C)C)C(=O)O)c(=O)c1F. The van der Waals surface area contributed by atoms with E-state index in [2.05, 4.69) is 0 Å². The molecule has 20 heteroatoms. The number of hydrogen-bond acceptors (Lipinski definition) is 11. The summed E-state index contributed by atoms with van der Waals surface area (Å²) < 4.78 is 100. The van der Waals surface area contributed by atoms with Gasteiger partial charge in [-0.15, -0.1) is 0 Å². The number of benzene rings is 4. The fourth-order valence-corrected chi connectivity index (χ4v) is 11.5. The Kier molecular flexibility index (Phi) is 29.3. The number of aromatic nitrogens is 2. The third kappa shape index (κ3) is 21.2. The smallest absolute Gasteiger partial charge is 0.326 e. The highest BCUT2D eigenvalue weighted by Crippen LogP contribution is 2.38. The summed E-state index contributed by atoms with van der Waals surface area (Å²) in [5.41, 5.74) is 13.1. The Morgan fingerprint density at radius 2 is 0.882 bits per heavy atom. The lowest BCUT2D eigenvalue weighted by Gasteiger charge is -2.26. The van der Waals surface area contributed by atoms with Crippen LogP contribution in [-0.4, -0.2) is 102 Å². The maximum atomic E-state index is 16.0. The predicted octanol–water partition coefficient (Wildman–Crippen LogP) is 14.1. The van der Waals surface area contributed by atoms with Gasteiger partial charge in [-0.2, -0.15) is 0 Å². The number of halogens is 6. The van der Waals surface area contributed by atoms with Crippen LogP contribution in [0.15, 0.2) is 70.5 Å². The Morgan fingerprint density at radius 1 is 0.516 bits per heavy atom. The minimum absolute atomic E-state index is 0.0364. The molecule has 508 valence electrons. The van der Waals surface area contributed by atoms with Gasteiger partial charge in [-0.3, -0.25) is 28.5 Å². The normalized spacial score (nSPS) is 12.7. The summed E-state index contributed by atoms with van der Waals surface area (Å²) in [5, 5.41) is 9.38. The molecule has 4 aromatic carbocycles. The molecule has 6 aromatic rings. The van der Waals surface area contributed by atoms with Gasteiger partial charge in [-0.05, 0) is 267 Å². The highest BCUT2D eigenvalue weighted by Gasteiger charge is 2.32. The van der Waals surface area contributed by atoms with E-state index in [9.17, 15) is 51.4 Å².